The minimum absolute atomic E-state index is 0.0215. The second-order valence-corrected chi connectivity index (χ2v) is 17.1. The number of fused-ring (bicyclic) bond motifs is 2. The van der Waals surface area contributed by atoms with E-state index in [0.717, 1.165) is 45.3 Å². The first-order chi connectivity index (χ1) is 27.4. The van der Waals surface area contributed by atoms with Gasteiger partial charge in [-0.2, -0.15) is 0 Å². The topological polar surface area (TPSA) is 181 Å². The van der Waals surface area contributed by atoms with Crippen molar-refractivity contribution in [3.63, 3.8) is 0 Å². The summed E-state index contributed by atoms with van der Waals surface area (Å²) < 4.78 is 24.0. The third-order valence-electron chi connectivity index (χ3n) is 12.5. The summed E-state index contributed by atoms with van der Waals surface area (Å²) in [6, 6.07) is 3.42. The highest BCUT2D eigenvalue weighted by atomic mass is 35.5. The smallest absolute Gasteiger partial charge is 0.408 e. The van der Waals surface area contributed by atoms with Crippen LogP contribution < -0.4 is 25.4 Å². The van der Waals surface area contributed by atoms with E-state index >= 15 is 0 Å². The van der Waals surface area contributed by atoms with E-state index in [0.29, 0.717) is 83.3 Å². The number of carbonyl (C=O) groups is 4. The third kappa shape index (κ3) is 8.61. The van der Waals surface area contributed by atoms with Gasteiger partial charge < -0.3 is 44.9 Å². The first-order valence-corrected chi connectivity index (χ1v) is 20.8. The molecule has 1 aromatic carbocycles. The summed E-state index contributed by atoms with van der Waals surface area (Å²) in [5, 5.41) is 20.0. The molecule has 6 aliphatic rings. The van der Waals surface area contributed by atoms with Crippen LogP contribution in [0.15, 0.2) is 30.4 Å². The van der Waals surface area contributed by atoms with Gasteiger partial charge in [0, 0.05) is 43.5 Å². The summed E-state index contributed by atoms with van der Waals surface area (Å²) in [7, 11) is 0. The summed E-state index contributed by atoms with van der Waals surface area (Å²) in [4.78, 5) is 62.5. The molecule has 3 amide bonds. The Labute approximate surface area is 337 Å². The van der Waals surface area contributed by atoms with Gasteiger partial charge in [0.2, 0.25) is 11.8 Å². The zero-order valence-corrected chi connectivity index (χ0v) is 33.4. The fourth-order valence-corrected chi connectivity index (χ4v) is 9.07. The van der Waals surface area contributed by atoms with Crippen molar-refractivity contribution in [2.45, 2.75) is 101 Å². The van der Waals surface area contributed by atoms with Crippen LogP contribution in [0.4, 0.5) is 10.6 Å². The van der Waals surface area contributed by atoms with Crippen LogP contribution in [0.25, 0.3) is 10.9 Å². The maximum Gasteiger partial charge on any atom is 0.408 e. The number of likely N-dealkylation sites (tertiary alicyclic amines) is 1. The van der Waals surface area contributed by atoms with E-state index in [2.05, 4.69) is 27.4 Å². The number of ether oxygens (including phenoxy) is 4. The summed E-state index contributed by atoms with van der Waals surface area (Å²) in [5.41, 5.74) is -0.562. The molecule has 4 aliphatic carbocycles. The number of morpholine rings is 1. The normalized spacial score (nSPS) is 29.6. The number of rotatable bonds is 16. The number of carboxylic acids is 1. The minimum Gasteiger partial charge on any atom is -0.491 e. The summed E-state index contributed by atoms with van der Waals surface area (Å²) in [5.74, 6) is 0.218. The van der Waals surface area contributed by atoms with Gasteiger partial charge in [0.1, 0.15) is 58.8 Å². The van der Waals surface area contributed by atoms with E-state index in [-0.39, 0.29) is 31.0 Å². The SMILES string of the molecule is C=C(C)[C@H](NC(=O)OC1C[C@@H]2C[C@@H]2C1)C(=O)N1C[C@H](Oc2cc(NC3CC3)nc3c(Cl)c(OCCN4CCOCC4)ccc23)C[C@H]1C(=O)N[C@]1(C(=O)O)C[C@H]1CC. The lowest BCUT2D eigenvalue weighted by atomic mass is 10.1. The second kappa shape index (κ2) is 16.1. The predicted molar refractivity (Wildman–Crippen MR) is 210 cm³/mol. The molecule has 4 N–H and O–H groups in total. The van der Waals surface area contributed by atoms with Crippen LogP contribution in [0, 0.1) is 17.8 Å². The Kier molecular flexibility index (Phi) is 11.2. The van der Waals surface area contributed by atoms with Crippen LogP contribution in [0.2, 0.25) is 5.02 Å². The molecule has 57 heavy (non-hydrogen) atoms. The van der Waals surface area contributed by atoms with Gasteiger partial charge in [-0.05, 0) is 80.9 Å². The molecule has 308 valence electrons. The highest BCUT2D eigenvalue weighted by Gasteiger charge is 2.61. The quantitative estimate of drug-likeness (QED) is 0.176. The molecule has 0 bridgehead atoms. The lowest BCUT2D eigenvalue weighted by molar-refractivity contribution is -0.145. The number of carbonyl (C=O) groups excluding carboxylic acids is 3. The molecule has 0 spiro atoms. The fourth-order valence-electron chi connectivity index (χ4n) is 8.81. The first-order valence-electron chi connectivity index (χ1n) is 20.4. The molecule has 8 atom stereocenters. The van der Waals surface area contributed by atoms with Crippen molar-refractivity contribution in [2.24, 2.45) is 17.8 Å². The number of aromatic nitrogens is 1. The average molecular weight is 809 g/mol. The number of aliphatic carboxylic acids is 1. The minimum atomic E-state index is -1.40. The molecule has 6 fully saturated rings. The molecule has 3 heterocycles. The van der Waals surface area contributed by atoms with Gasteiger partial charge in [0.05, 0.1) is 25.3 Å². The Morgan fingerprint density at radius 2 is 1.84 bits per heavy atom. The number of hydrogen-bond donors (Lipinski definition) is 4. The number of benzene rings is 1. The number of nitrogens with one attached hydrogen (secondary N) is 3. The first kappa shape index (κ1) is 39.5. The van der Waals surface area contributed by atoms with Crippen molar-refractivity contribution < 1.29 is 43.2 Å². The van der Waals surface area contributed by atoms with Crippen LogP contribution in [-0.4, -0.2) is 126 Å². The monoisotopic (exact) mass is 808 g/mol. The maximum atomic E-state index is 14.4. The third-order valence-corrected chi connectivity index (χ3v) is 12.9. The van der Waals surface area contributed by atoms with Gasteiger partial charge >= 0.3 is 12.1 Å². The van der Waals surface area contributed by atoms with Crippen molar-refractivity contribution in [1.29, 1.82) is 0 Å². The zero-order chi connectivity index (χ0) is 40.0. The lowest BCUT2D eigenvalue weighted by Crippen LogP contribution is -2.56. The molecule has 2 aliphatic heterocycles. The van der Waals surface area contributed by atoms with E-state index in [9.17, 15) is 24.3 Å². The molecule has 2 aromatic rings. The summed E-state index contributed by atoms with van der Waals surface area (Å²) in [6.07, 6.45) is 4.15. The van der Waals surface area contributed by atoms with Crippen LogP contribution >= 0.6 is 11.6 Å². The molecule has 1 aromatic heterocycles. The second-order valence-electron chi connectivity index (χ2n) is 16.7. The predicted octanol–water partition coefficient (Wildman–Crippen LogP) is 4.36. The van der Waals surface area contributed by atoms with Crippen LogP contribution in [0.5, 0.6) is 11.5 Å². The van der Waals surface area contributed by atoms with E-state index in [1.54, 1.807) is 19.1 Å². The summed E-state index contributed by atoms with van der Waals surface area (Å²) >= 11 is 6.98. The van der Waals surface area contributed by atoms with Crippen molar-refractivity contribution in [3.8, 4) is 11.5 Å². The number of alkyl carbamates (subject to hydrolysis) is 1. The molecule has 0 radical (unpaired) electrons. The maximum absolute atomic E-state index is 14.4. The molecule has 16 heteroatoms. The van der Waals surface area contributed by atoms with Gasteiger partial charge in [0.25, 0.3) is 0 Å². The van der Waals surface area contributed by atoms with Gasteiger partial charge in [-0.3, -0.25) is 14.5 Å². The van der Waals surface area contributed by atoms with E-state index in [4.69, 9.17) is 35.5 Å². The molecule has 2 saturated heterocycles. The largest absolute Gasteiger partial charge is 0.491 e. The van der Waals surface area contributed by atoms with E-state index in [1.165, 1.54) is 11.3 Å². The van der Waals surface area contributed by atoms with Crippen molar-refractivity contribution in [2.75, 3.05) is 51.3 Å². The standard InChI is InChI=1S/C41H53ClN6O9/c1-4-25-20-41(25,39(51)52)46-37(49)30-18-28(21-48(30)38(50)35(22(2)3)45-40(53)57-27-16-23-15-24(23)17-27)56-32-19-33(43-26-5-6-26)44-36-29(32)7-8-31(34(36)42)55-14-11-47-9-12-54-13-10-47/h7-8,19,23-28,30,35H,2,4-6,9-18,20-21H2,1,3H3,(H,43,44)(H,45,53)(H,46,49)(H,51,52)/t23-,24+,25-,27?,28-,30+,35+,41-/m1/s1. The summed E-state index contributed by atoms with van der Waals surface area (Å²) in [6.45, 7) is 11.7. The Bertz CT molecular complexity index is 1910. The highest BCUT2D eigenvalue weighted by molar-refractivity contribution is 6.36. The Morgan fingerprint density at radius 3 is 2.51 bits per heavy atom. The zero-order valence-electron chi connectivity index (χ0n) is 32.6. The Balaban J connectivity index is 1.03. The van der Waals surface area contributed by atoms with Crippen LogP contribution in [0.1, 0.15) is 65.2 Å². The van der Waals surface area contributed by atoms with Gasteiger partial charge in [-0.15, -0.1) is 0 Å². The Morgan fingerprint density at radius 1 is 1.09 bits per heavy atom. The average Bonchev–Trinajstić information content (AvgIpc) is 4.15. The molecular weight excluding hydrogens is 756 g/mol. The van der Waals surface area contributed by atoms with Gasteiger partial charge in [-0.25, -0.2) is 14.6 Å². The van der Waals surface area contributed by atoms with Gasteiger partial charge in [0.15, 0.2) is 0 Å². The number of halogens is 1. The molecule has 15 nitrogen and oxygen atoms in total. The molecular formula is C41H53ClN6O9. The molecule has 4 saturated carbocycles. The number of hydrogen-bond acceptors (Lipinski definition) is 11. The van der Waals surface area contributed by atoms with Crippen molar-refractivity contribution >= 4 is 52.2 Å². The van der Waals surface area contributed by atoms with Gasteiger partial charge in [-0.1, -0.05) is 31.5 Å². The number of nitrogens with zero attached hydrogens (tertiary/aromatic N) is 3. The lowest BCUT2D eigenvalue weighted by Gasteiger charge is -2.29. The van der Waals surface area contributed by atoms with Crippen molar-refractivity contribution in [3.05, 3.63) is 35.4 Å². The molecule has 8 rings (SSSR count). The van der Waals surface area contributed by atoms with E-state index in [1.807, 2.05) is 13.0 Å². The number of amides is 3. The van der Waals surface area contributed by atoms with Crippen LogP contribution in [0.3, 0.4) is 0 Å². The van der Waals surface area contributed by atoms with E-state index < -0.39 is 47.6 Å². The highest BCUT2D eigenvalue weighted by Crippen LogP contribution is 2.52. The van der Waals surface area contributed by atoms with Crippen LogP contribution in [-0.2, 0) is 23.9 Å². The number of anilines is 1. The number of carboxylic acid groups (broad SMARTS) is 1. The Hall–Kier alpha value is -4.34. The fraction of sp³-hybridized carbons (Fsp3) is 0.634. The number of pyridine rings is 1. The molecule has 1 unspecified atom stereocenters. The van der Waals surface area contributed by atoms with Crippen molar-refractivity contribution in [1.82, 2.24) is 25.4 Å².